The Kier molecular flexibility index (Phi) is 4.06. The molecule has 1 amide bonds. The fraction of sp³-hybridized carbons (Fsp3) is 0.125. The van der Waals surface area contributed by atoms with Crippen LogP contribution in [0.2, 0.25) is 0 Å². The molecule has 0 unspecified atom stereocenters. The maximum absolute atomic E-state index is 12.3. The lowest BCUT2D eigenvalue weighted by Gasteiger charge is -2.06. The Morgan fingerprint density at radius 1 is 1.29 bits per heavy atom. The van der Waals surface area contributed by atoms with Gasteiger partial charge in [-0.2, -0.15) is 0 Å². The van der Waals surface area contributed by atoms with Gasteiger partial charge in [-0.1, -0.05) is 15.9 Å². The summed E-state index contributed by atoms with van der Waals surface area (Å²) < 4.78 is 6.00. The Morgan fingerprint density at radius 2 is 2.04 bits per heavy atom. The molecule has 0 fully saturated rings. The molecule has 2 aromatic carbocycles. The summed E-state index contributed by atoms with van der Waals surface area (Å²) in [6.07, 6.45) is 0. The summed E-state index contributed by atoms with van der Waals surface area (Å²) in [6, 6.07) is 7.76. The highest BCUT2D eigenvalue weighted by Gasteiger charge is 2.28. The second-order valence-electron chi connectivity index (χ2n) is 5.17. The van der Waals surface area contributed by atoms with Gasteiger partial charge in [0.25, 0.3) is 11.6 Å². The number of amides is 1. The maximum atomic E-state index is 12.3. The third-order valence-corrected chi connectivity index (χ3v) is 4.07. The molecule has 0 aliphatic carbocycles. The van der Waals surface area contributed by atoms with Crippen LogP contribution in [0.4, 0.5) is 17.1 Å². The lowest BCUT2D eigenvalue weighted by atomic mass is 10.1. The fourth-order valence-electron chi connectivity index (χ4n) is 2.49. The van der Waals surface area contributed by atoms with Gasteiger partial charge in [-0.25, -0.2) is 4.99 Å². The van der Waals surface area contributed by atoms with Gasteiger partial charge < -0.3 is 10.1 Å². The second kappa shape index (κ2) is 6.04. The number of hydrogen-bond donors (Lipinski definition) is 1. The molecule has 0 aromatic heterocycles. The zero-order chi connectivity index (χ0) is 17.4. The monoisotopic (exact) mass is 389 g/mol. The summed E-state index contributed by atoms with van der Waals surface area (Å²) in [7, 11) is 1.39. The molecule has 2 aromatic rings. The predicted octanol–water partition coefficient (Wildman–Crippen LogP) is 3.75. The molecule has 7 nitrogen and oxygen atoms in total. The number of aryl methyl sites for hydroxylation is 1. The first-order valence-corrected chi connectivity index (χ1v) is 7.73. The minimum Gasteiger partial charge on any atom is -0.494 e. The Morgan fingerprint density at radius 3 is 2.71 bits per heavy atom. The zero-order valence-electron chi connectivity index (χ0n) is 12.8. The molecule has 0 atom stereocenters. The molecule has 3 rings (SSSR count). The van der Waals surface area contributed by atoms with Gasteiger partial charge in [-0.15, -0.1) is 0 Å². The largest absolute Gasteiger partial charge is 0.494 e. The van der Waals surface area contributed by atoms with Crippen LogP contribution < -0.4 is 10.1 Å². The smallest absolute Gasteiger partial charge is 0.275 e. The Bertz CT molecular complexity index is 908. The molecule has 0 bridgehead atoms. The summed E-state index contributed by atoms with van der Waals surface area (Å²) in [5.74, 6) is -0.101. The van der Waals surface area contributed by atoms with Gasteiger partial charge in [0.1, 0.15) is 11.4 Å². The summed E-state index contributed by atoms with van der Waals surface area (Å²) in [5, 5.41) is 13.7. The van der Waals surface area contributed by atoms with Crippen molar-refractivity contribution in [3.63, 3.8) is 0 Å². The fourth-order valence-corrected chi connectivity index (χ4v) is 3.07. The van der Waals surface area contributed by atoms with Crippen molar-refractivity contribution in [2.45, 2.75) is 6.92 Å². The number of fused-ring (bicyclic) bond motifs is 1. The minimum atomic E-state index is -0.516. The second-order valence-corrected chi connectivity index (χ2v) is 6.09. The van der Waals surface area contributed by atoms with Crippen molar-refractivity contribution >= 4 is 44.6 Å². The number of carbonyl (C=O) groups excluding carboxylic acids is 1. The average Bonchev–Trinajstić information content (AvgIpc) is 2.84. The number of rotatable bonds is 3. The van der Waals surface area contributed by atoms with Crippen molar-refractivity contribution in [1.29, 1.82) is 0 Å². The van der Waals surface area contributed by atoms with Crippen molar-refractivity contribution in [3.8, 4) is 5.75 Å². The molecule has 24 heavy (non-hydrogen) atoms. The Labute approximate surface area is 145 Å². The number of nitrogens with one attached hydrogen (secondary N) is 1. The minimum absolute atomic E-state index is 0.106. The van der Waals surface area contributed by atoms with Crippen LogP contribution in [-0.4, -0.2) is 23.7 Å². The quantitative estimate of drug-likeness (QED) is 0.638. The third-order valence-electron chi connectivity index (χ3n) is 3.62. The van der Waals surface area contributed by atoms with Crippen LogP contribution in [0.5, 0.6) is 5.75 Å². The van der Waals surface area contributed by atoms with E-state index in [9.17, 15) is 14.9 Å². The van der Waals surface area contributed by atoms with E-state index in [1.807, 2.05) is 13.0 Å². The van der Waals surface area contributed by atoms with Crippen LogP contribution in [0.3, 0.4) is 0 Å². The van der Waals surface area contributed by atoms with E-state index >= 15 is 0 Å². The number of ether oxygens (including phenoxy) is 1. The van der Waals surface area contributed by atoms with Crippen LogP contribution in [0.25, 0.3) is 0 Å². The SMILES string of the molecule is COc1cc([N+](=O)[O-])ccc1N=C1C(=O)Nc2c(C)cc(Br)cc21. The topological polar surface area (TPSA) is 93.8 Å². The third kappa shape index (κ3) is 2.76. The molecular formula is C16H12BrN3O4. The lowest BCUT2D eigenvalue weighted by molar-refractivity contribution is -0.384. The first-order valence-electron chi connectivity index (χ1n) is 6.93. The van der Waals surface area contributed by atoms with Crippen molar-refractivity contribution in [1.82, 2.24) is 0 Å². The van der Waals surface area contributed by atoms with E-state index in [1.165, 1.54) is 25.3 Å². The number of hydrogen-bond acceptors (Lipinski definition) is 5. The van der Waals surface area contributed by atoms with E-state index in [0.717, 1.165) is 10.0 Å². The number of benzene rings is 2. The lowest BCUT2D eigenvalue weighted by Crippen LogP contribution is -2.14. The summed E-state index contributed by atoms with van der Waals surface area (Å²) in [4.78, 5) is 27.0. The molecular weight excluding hydrogens is 378 g/mol. The molecule has 1 aliphatic heterocycles. The predicted molar refractivity (Wildman–Crippen MR) is 93.4 cm³/mol. The number of nitro groups is 1. The van der Waals surface area contributed by atoms with Crippen molar-refractivity contribution in [2.24, 2.45) is 4.99 Å². The zero-order valence-corrected chi connectivity index (χ0v) is 14.4. The molecule has 1 heterocycles. The molecule has 0 radical (unpaired) electrons. The van der Waals surface area contributed by atoms with E-state index in [2.05, 4.69) is 26.2 Å². The van der Waals surface area contributed by atoms with Crippen LogP contribution in [-0.2, 0) is 4.79 Å². The number of nitro benzene ring substituents is 1. The summed E-state index contributed by atoms with van der Waals surface area (Å²) in [6.45, 7) is 1.89. The van der Waals surface area contributed by atoms with Crippen LogP contribution in [0.1, 0.15) is 11.1 Å². The Balaban J connectivity index is 2.14. The first-order chi connectivity index (χ1) is 11.4. The van der Waals surface area contributed by atoms with Gasteiger partial charge in [0, 0.05) is 16.1 Å². The molecule has 122 valence electrons. The number of anilines is 1. The van der Waals surface area contributed by atoms with Gasteiger partial charge >= 0.3 is 0 Å². The molecule has 8 heteroatoms. The highest BCUT2D eigenvalue weighted by atomic mass is 79.9. The molecule has 0 saturated carbocycles. The highest BCUT2D eigenvalue weighted by Crippen LogP contribution is 2.35. The van der Waals surface area contributed by atoms with Crippen LogP contribution in [0, 0.1) is 17.0 Å². The van der Waals surface area contributed by atoms with Crippen molar-refractivity contribution in [2.75, 3.05) is 12.4 Å². The van der Waals surface area contributed by atoms with Crippen molar-refractivity contribution < 1.29 is 14.5 Å². The number of non-ortho nitro benzene ring substituents is 1. The number of methoxy groups -OCH3 is 1. The van der Waals surface area contributed by atoms with Gasteiger partial charge in [-0.05, 0) is 30.7 Å². The van der Waals surface area contributed by atoms with E-state index in [4.69, 9.17) is 4.74 Å². The molecule has 0 saturated heterocycles. The number of aliphatic imine (C=N–C) groups is 1. The van der Waals surface area contributed by atoms with Crippen molar-refractivity contribution in [3.05, 3.63) is 56.0 Å². The maximum Gasteiger partial charge on any atom is 0.275 e. The van der Waals surface area contributed by atoms with Gasteiger partial charge in [0.15, 0.2) is 5.75 Å². The Hall–Kier alpha value is -2.74. The standard InChI is InChI=1S/C16H12BrN3O4/c1-8-5-9(17)6-11-14(8)19-16(21)15(11)18-12-4-3-10(20(22)23)7-13(12)24-2/h3-7H,1-2H3,(H,18,19,21). The number of halogens is 1. The summed E-state index contributed by atoms with van der Waals surface area (Å²) >= 11 is 3.41. The summed E-state index contributed by atoms with van der Waals surface area (Å²) in [5.41, 5.74) is 2.77. The first kappa shape index (κ1) is 16.1. The average molecular weight is 390 g/mol. The normalized spacial score (nSPS) is 14.5. The van der Waals surface area contributed by atoms with Gasteiger partial charge in [-0.3, -0.25) is 14.9 Å². The van der Waals surface area contributed by atoms with Gasteiger partial charge in [0.05, 0.1) is 23.8 Å². The number of carbonyl (C=O) groups is 1. The highest BCUT2D eigenvalue weighted by molar-refractivity contribution is 9.10. The van der Waals surface area contributed by atoms with E-state index in [0.29, 0.717) is 16.9 Å². The molecule has 1 N–H and O–H groups in total. The van der Waals surface area contributed by atoms with E-state index < -0.39 is 4.92 Å². The van der Waals surface area contributed by atoms with Crippen LogP contribution in [0.15, 0.2) is 39.8 Å². The van der Waals surface area contributed by atoms with E-state index in [1.54, 1.807) is 6.07 Å². The molecule has 0 spiro atoms. The number of nitrogens with zero attached hydrogens (tertiary/aromatic N) is 2. The van der Waals surface area contributed by atoms with Gasteiger partial charge in [0.2, 0.25) is 0 Å². The van der Waals surface area contributed by atoms with Crippen LogP contribution >= 0.6 is 15.9 Å². The molecule has 1 aliphatic rings. The van der Waals surface area contributed by atoms with E-state index in [-0.39, 0.29) is 23.1 Å².